The molecular formula is C30H39N7O3. The van der Waals surface area contributed by atoms with Gasteiger partial charge >= 0.3 is 6.03 Å². The molecule has 10 heteroatoms. The third-order valence-electron chi connectivity index (χ3n) is 7.29. The highest BCUT2D eigenvalue weighted by Gasteiger charge is 2.44. The van der Waals surface area contributed by atoms with Crippen molar-refractivity contribution in [1.82, 2.24) is 24.6 Å². The molecule has 0 bridgehead atoms. The number of piperazine rings is 1. The minimum Gasteiger partial charge on any atom is -0.342 e. The van der Waals surface area contributed by atoms with E-state index < -0.39 is 23.0 Å². The summed E-state index contributed by atoms with van der Waals surface area (Å²) in [5.41, 5.74) is 3.46. The summed E-state index contributed by atoms with van der Waals surface area (Å²) in [6.07, 6.45) is 4.35. The summed E-state index contributed by atoms with van der Waals surface area (Å²) in [5, 5.41) is 10.3. The quantitative estimate of drug-likeness (QED) is 0.473. The fraction of sp³-hybridized carbons (Fsp3) is 0.433. The molecule has 0 aliphatic carbocycles. The van der Waals surface area contributed by atoms with Crippen molar-refractivity contribution in [1.29, 1.82) is 0 Å². The number of likely N-dealkylation sites (N-methyl/N-ethyl adjacent to an activating group) is 1. The van der Waals surface area contributed by atoms with Gasteiger partial charge in [-0.05, 0) is 77.3 Å². The Morgan fingerprint density at radius 2 is 1.80 bits per heavy atom. The smallest absolute Gasteiger partial charge is 0.323 e. The van der Waals surface area contributed by atoms with E-state index in [9.17, 15) is 14.4 Å². The van der Waals surface area contributed by atoms with Gasteiger partial charge in [0.1, 0.15) is 5.54 Å². The zero-order valence-electron chi connectivity index (χ0n) is 24.6. The maximum Gasteiger partial charge on any atom is 0.323 e. The van der Waals surface area contributed by atoms with Gasteiger partial charge in [0.05, 0.1) is 17.4 Å². The minimum atomic E-state index is -1.04. The molecule has 1 aliphatic rings. The average molecular weight is 546 g/mol. The van der Waals surface area contributed by atoms with Crippen molar-refractivity contribution in [3.05, 3.63) is 59.7 Å². The first-order valence-electron chi connectivity index (χ1n) is 13.5. The van der Waals surface area contributed by atoms with Crippen molar-refractivity contribution < 1.29 is 14.4 Å². The van der Waals surface area contributed by atoms with E-state index in [0.717, 1.165) is 28.8 Å². The van der Waals surface area contributed by atoms with Gasteiger partial charge in [-0.25, -0.2) is 4.79 Å². The molecule has 0 atom stereocenters. The van der Waals surface area contributed by atoms with Crippen LogP contribution in [0.15, 0.2) is 42.7 Å². The number of rotatable bonds is 5. The van der Waals surface area contributed by atoms with Crippen LogP contribution in [-0.2, 0) is 16.8 Å². The summed E-state index contributed by atoms with van der Waals surface area (Å²) >= 11 is 0. The number of benzene rings is 1. The van der Waals surface area contributed by atoms with E-state index in [2.05, 4.69) is 27.6 Å². The lowest BCUT2D eigenvalue weighted by molar-refractivity contribution is -0.144. The normalized spacial score (nSPS) is 15.2. The van der Waals surface area contributed by atoms with Crippen molar-refractivity contribution in [3.8, 4) is 11.1 Å². The molecular weight excluding hydrogens is 506 g/mol. The van der Waals surface area contributed by atoms with E-state index in [1.807, 2.05) is 64.2 Å². The number of aryl methyl sites for hydroxylation is 2. The summed E-state index contributed by atoms with van der Waals surface area (Å²) in [5.74, 6) is -0.560. The van der Waals surface area contributed by atoms with Gasteiger partial charge in [-0.3, -0.25) is 19.3 Å². The third kappa shape index (κ3) is 5.71. The predicted molar refractivity (Wildman–Crippen MR) is 156 cm³/mol. The van der Waals surface area contributed by atoms with Gasteiger partial charge in [-0.15, -0.1) is 0 Å². The standard InChI is InChI=1S/C30H39N7O3/c1-9-21-13-11-20(17-31-21)23-16-22(12-10-19(23)2)32-28(40)33-24-18-37(29(3,4)5)34-25(24)26(38)36-15-14-35(8)27(39)30(36,6)7/h10-13,16-18H,9,14-15H2,1-8H3,(H2,32,33,40). The molecule has 3 aromatic rings. The number of hydrogen-bond acceptors (Lipinski definition) is 5. The van der Waals surface area contributed by atoms with Crippen LogP contribution in [-0.4, -0.2) is 68.1 Å². The number of hydrogen-bond donors (Lipinski definition) is 2. The first kappa shape index (κ1) is 28.8. The van der Waals surface area contributed by atoms with Crippen molar-refractivity contribution in [3.63, 3.8) is 0 Å². The van der Waals surface area contributed by atoms with E-state index >= 15 is 0 Å². The lowest BCUT2D eigenvalue weighted by Crippen LogP contribution is -2.63. The highest BCUT2D eigenvalue weighted by atomic mass is 16.2. The number of anilines is 2. The van der Waals surface area contributed by atoms with Gasteiger partial charge in [0.2, 0.25) is 5.91 Å². The molecule has 40 heavy (non-hydrogen) atoms. The Morgan fingerprint density at radius 3 is 2.42 bits per heavy atom. The molecule has 0 unspecified atom stereocenters. The van der Waals surface area contributed by atoms with Gasteiger partial charge in [0.25, 0.3) is 5.91 Å². The molecule has 4 rings (SSSR count). The zero-order chi connectivity index (χ0) is 29.4. The zero-order valence-corrected chi connectivity index (χ0v) is 24.6. The molecule has 1 aliphatic heterocycles. The van der Waals surface area contributed by atoms with Crippen molar-refractivity contribution in [2.24, 2.45) is 0 Å². The summed E-state index contributed by atoms with van der Waals surface area (Å²) in [7, 11) is 1.73. The number of aromatic nitrogens is 3. The molecule has 0 spiro atoms. The van der Waals surface area contributed by atoms with Gasteiger partial charge in [-0.1, -0.05) is 19.1 Å². The predicted octanol–water partition coefficient (Wildman–Crippen LogP) is 4.91. The minimum absolute atomic E-state index is 0.0854. The fourth-order valence-electron chi connectivity index (χ4n) is 4.75. The Labute approximate surface area is 235 Å². The summed E-state index contributed by atoms with van der Waals surface area (Å²) < 4.78 is 1.65. The molecule has 2 N–H and O–H groups in total. The number of carbonyl (C=O) groups excluding carboxylic acids is 3. The maximum atomic E-state index is 13.8. The van der Waals surface area contributed by atoms with Crippen molar-refractivity contribution in [2.45, 2.75) is 66.0 Å². The van der Waals surface area contributed by atoms with Crippen LogP contribution in [0, 0.1) is 6.92 Å². The van der Waals surface area contributed by atoms with Gasteiger partial charge < -0.3 is 20.4 Å². The number of carbonyl (C=O) groups is 3. The number of nitrogens with one attached hydrogen (secondary N) is 2. The Hall–Kier alpha value is -4.21. The van der Waals surface area contributed by atoms with Crippen LogP contribution < -0.4 is 10.6 Å². The topological polar surface area (TPSA) is 112 Å². The first-order chi connectivity index (χ1) is 18.7. The van der Waals surface area contributed by atoms with E-state index in [1.54, 1.807) is 36.7 Å². The third-order valence-corrected chi connectivity index (χ3v) is 7.29. The molecule has 0 radical (unpaired) electrons. The second-order valence-electron chi connectivity index (χ2n) is 11.7. The van der Waals surface area contributed by atoms with E-state index in [4.69, 9.17) is 0 Å². The van der Waals surface area contributed by atoms with E-state index in [0.29, 0.717) is 18.8 Å². The second-order valence-corrected chi connectivity index (χ2v) is 11.7. The van der Waals surface area contributed by atoms with Crippen molar-refractivity contribution in [2.75, 3.05) is 30.8 Å². The monoisotopic (exact) mass is 545 g/mol. The van der Waals surface area contributed by atoms with Crippen LogP contribution >= 0.6 is 0 Å². The molecule has 1 aromatic carbocycles. The molecule has 1 saturated heterocycles. The van der Waals surface area contributed by atoms with Gasteiger partial charge in [-0.2, -0.15) is 5.10 Å². The highest BCUT2D eigenvalue weighted by Crippen LogP contribution is 2.29. The lowest BCUT2D eigenvalue weighted by atomic mass is 9.97. The number of amides is 4. The molecule has 0 saturated carbocycles. The number of nitrogens with zero attached hydrogens (tertiary/aromatic N) is 5. The van der Waals surface area contributed by atoms with Crippen LogP contribution in [0.25, 0.3) is 11.1 Å². The molecule has 4 amide bonds. The first-order valence-corrected chi connectivity index (χ1v) is 13.5. The Morgan fingerprint density at radius 1 is 1.07 bits per heavy atom. The number of pyridine rings is 1. The van der Waals surface area contributed by atoms with Crippen LogP contribution in [0.1, 0.15) is 63.3 Å². The average Bonchev–Trinajstić information content (AvgIpc) is 3.32. The SMILES string of the molecule is CCc1ccc(-c2cc(NC(=O)Nc3cn(C(C)(C)C)nc3C(=O)N3CCN(C)C(=O)C3(C)C)ccc2C)cn1. The Balaban J connectivity index is 1.60. The summed E-state index contributed by atoms with van der Waals surface area (Å²) in [6, 6.07) is 9.20. The van der Waals surface area contributed by atoms with Gasteiger partial charge in [0.15, 0.2) is 5.69 Å². The summed E-state index contributed by atoms with van der Waals surface area (Å²) in [6.45, 7) is 14.2. The highest BCUT2D eigenvalue weighted by molar-refractivity contribution is 6.07. The van der Waals surface area contributed by atoms with Crippen LogP contribution in [0.2, 0.25) is 0 Å². The van der Waals surface area contributed by atoms with E-state index in [1.165, 1.54) is 4.90 Å². The van der Waals surface area contributed by atoms with Crippen molar-refractivity contribution >= 4 is 29.2 Å². The Kier molecular flexibility index (Phi) is 7.74. The lowest BCUT2D eigenvalue weighted by Gasteiger charge is -2.44. The van der Waals surface area contributed by atoms with Gasteiger partial charge in [0, 0.05) is 43.3 Å². The van der Waals surface area contributed by atoms with Crippen LogP contribution in [0.4, 0.5) is 16.2 Å². The Bertz CT molecular complexity index is 1430. The largest absolute Gasteiger partial charge is 0.342 e. The second kappa shape index (κ2) is 10.7. The van der Waals surface area contributed by atoms with Crippen LogP contribution in [0.3, 0.4) is 0 Å². The molecule has 212 valence electrons. The fourth-order valence-corrected chi connectivity index (χ4v) is 4.75. The molecule has 2 aromatic heterocycles. The maximum absolute atomic E-state index is 13.8. The van der Waals surface area contributed by atoms with Crippen LogP contribution in [0.5, 0.6) is 0 Å². The summed E-state index contributed by atoms with van der Waals surface area (Å²) in [4.78, 5) is 47.4. The molecule has 3 heterocycles. The molecule has 1 fully saturated rings. The number of urea groups is 1. The molecule has 10 nitrogen and oxygen atoms in total. The van der Waals surface area contributed by atoms with E-state index in [-0.39, 0.29) is 17.3 Å².